The zero-order chi connectivity index (χ0) is 10.8. The van der Waals surface area contributed by atoms with Crippen molar-refractivity contribution in [2.45, 2.75) is 6.92 Å². The fraction of sp³-hybridized carbons (Fsp3) is 0.500. The first-order valence-electron chi connectivity index (χ1n) is 4.94. The number of hydrogen-bond donors (Lipinski definition) is 1. The van der Waals surface area contributed by atoms with Crippen LogP contribution in [0.5, 0.6) is 0 Å². The molecule has 0 atom stereocenters. The van der Waals surface area contributed by atoms with Gasteiger partial charge >= 0.3 is 0 Å². The molecule has 0 saturated carbocycles. The van der Waals surface area contributed by atoms with Gasteiger partial charge in [-0.15, -0.1) is 0 Å². The van der Waals surface area contributed by atoms with Crippen molar-refractivity contribution >= 4 is 21.8 Å². The third kappa shape index (κ3) is 2.23. The second kappa shape index (κ2) is 4.37. The molecule has 0 aromatic carbocycles. The third-order valence-electron chi connectivity index (χ3n) is 2.49. The molecular formula is C10H13BrN2O2. The van der Waals surface area contributed by atoms with E-state index in [-0.39, 0.29) is 5.91 Å². The summed E-state index contributed by atoms with van der Waals surface area (Å²) in [6, 6.07) is 1.81. The Balaban J connectivity index is 2.16. The van der Waals surface area contributed by atoms with Gasteiger partial charge in [0.2, 0.25) is 0 Å². The van der Waals surface area contributed by atoms with Gasteiger partial charge in [-0.05, 0) is 28.9 Å². The summed E-state index contributed by atoms with van der Waals surface area (Å²) in [5, 5.41) is 3.21. The fourth-order valence-corrected chi connectivity index (χ4v) is 2.17. The number of nitrogens with one attached hydrogen (secondary N) is 1. The monoisotopic (exact) mass is 272 g/mol. The van der Waals surface area contributed by atoms with Gasteiger partial charge in [0, 0.05) is 31.7 Å². The summed E-state index contributed by atoms with van der Waals surface area (Å²) >= 11 is 3.23. The van der Waals surface area contributed by atoms with Gasteiger partial charge in [0.15, 0.2) is 10.4 Å². The van der Waals surface area contributed by atoms with Crippen LogP contribution in [0.15, 0.2) is 15.2 Å². The Hall–Kier alpha value is -0.810. The van der Waals surface area contributed by atoms with Crippen LogP contribution in [-0.4, -0.2) is 37.0 Å². The lowest BCUT2D eigenvalue weighted by Gasteiger charge is -2.26. The molecule has 2 heterocycles. The van der Waals surface area contributed by atoms with Crippen molar-refractivity contribution in [3.05, 3.63) is 22.1 Å². The summed E-state index contributed by atoms with van der Waals surface area (Å²) in [4.78, 5) is 13.8. The van der Waals surface area contributed by atoms with Crippen LogP contribution in [0, 0.1) is 6.92 Å². The second-order valence-electron chi connectivity index (χ2n) is 3.60. The van der Waals surface area contributed by atoms with Crippen molar-refractivity contribution in [3.63, 3.8) is 0 Å². The fourth-order valence-electron chi connectivity index (χ4n) is 1.67. The average Bonchev–Trinajstić information content (AvgIpc) is 2.58. The van der Waals surface area contributed by atoms with Gasteiger partial charge in [0.1, 0.15) is 0 Å². The van der Waals surface area contributed by atoms with Gasteiger partial charge in [-0.3, -0.25) is 4.79 Å². The normalized spacial score (nSPS) is 16.8. The van der Waals surface area contributed by atoms with Crippen LogP contribution in [0.3, 0.4) is 0 Å². The minimum absolute atomic E-state index is 0.0142. The summed E-state index contributed by atoms with van der Waals surface area (Å²) in [7, 11) is 0. The summed E-state index contributed by atoms with van der Waals surface area (Å²) in [5.41, 5.74) is 0.880. The maximum atomic E-state index is 12.0. The minimum atomic E-state index is -0.0142. The maximum absolute atomic E-state index is 12.0. The van der Waals surface area contributed by atoms with E-state index in [0.717, 1.165) is 31.7 Å². The molecule has 82 valence electrons. The molecule has 0 aliphatic carbocycles. The van der Waals surface area contributed by atoms with Gasteiger partial charge < -0.3 is 14.6 Å². The van der Waals surface area contributed by atoms with E-state index in [0.29, 0.717) is 10.4 Å². The Morgan fingerprint density at radius 1 is 1.53 bits per heavy atom. The van der Waals surface area contributed by atoms with Crippen LogP contribution in [-0.2, 0) is 0 Å². The van der Waals surface area contributed by atoms with Crippen LogP contribution >= 0.6 is 15.9 Å². The Morgan fingerprint density at radius 3 is 2.73 bits per heavy atom. The van der Waals surface area contributed by atoms with E-state index >= 15 is 0 Å². The minimum Gasteiger partial charge on any atom is -0.444 e. The standard InChI is InChI=1S/C10H13BrN2O2/c1-7-6-8(11)15-9(7)10(14)13-4-2-12-3-5-13/h6,12H,2-5H2,1H3. The van der Waals surface area contributed by atoms with Gasteiger partial charge in [-0.25, -0.2) is 0 Å². The molecule has 0 unspecified atom stereocenters. The summed E-state index contributed by atoms with van der Waals surface area (Å²) in [6.45, 7) is 5.08. The van der Waals surface area contributed by atoms with Crippen LogP contribution < -0.4 is 5.32 Å². The number of furan rings is 1. The molecule has 1 aromatic rings. The molecule has 0 radical (unpaired) electrons. The molecule has 1 saturated heterocycles. The van der Waals surface area contributed by atoms with Crippen LogP contribution in [0.4, 0.5) is 0 Å². The highest BCUT2D eigenvalue weighted by atomic mass is 79.9. The topological polar surface area (TPSA) is 45.5 Å². The van der Waals surface area contributed by atoms with Crippen molar-refractivity contribution in [1.29, 1.82) is 0 Å². The third-order valence-corrected chi connectivity index (χ3v) is 2.88. The Morgan fingerprint density at radius 2 is 2.20 bits per heavy atom. The molecule has 15 heavy (non-hydrogen) atoms. The predicted molar refractivity (Wildman–Crippen MR) is 59.9 cm³/mol. The summed E-state index contributed by atoms with van der Waals surface area (Å²) in [5.74, 6) is 0.434. The highest BCUT2D eigenvalue weighted by Gasteiger charge is 2.22. The number of rotatable bonds is 1. The molecule has 2 rings (SSSR count). The van der Waals surface area contributed by atoms with Crippen molar-refractivity contribution in [2.75, 3.05) is 26.2 Å². The maximum Gasteiger partial charge on any atom is 0.289 e. The molecule has 5 heteroatoms. The lowest BCUT2D eigenvalue weighted by Crippen LogP contribution is -2.46. The van der Waals surface area contributed by atoms with Crippen molar-refractivity contribution < 1.29 is 9.21 Å². The van der Waals surface area contributed by atoms with E-state index in [9.17, 15) is 4.79 Å². The average molecular weight is 273 g/mol. The first-order chi connectivity index (χ1) is 7.18. The van der Waals surface area contributed by atoms with Gasteiger partial charge in [-0.1, -0.05) is 0 Å². The van der Waals surface area contributed by atoms with E-state index in [1.807, 2.05) is 17.9 Å². The van der Waals surface area contributed by atoms with Gasteiger partial charge in [0.25, 0.3) is 5.91 Å². The lowest BCUT2D eigenvalue weighted by atomic mass is 10.2. The summed E-state index contributed by atoms with van der Waals surface area (Å²) < 4.78 is 5.94. The van der Waals surface area contributed by atoms with E-state index in [1.165, 1.54) is 0 Å². The lowest BCUT2D eigenvalue weighted by molar-refractivity contribution is 0.0701. The van der Waals surface area contributed by atoms with E-state index < -0.39 is 0 Å². The molecule has 1 aliphatic heterocycles. The first kappa shape index (κ1) is 10.7. The molecule has 0 bridgehead atoms. The number of piperazine rings is 1. The van der Waals surface area contributed by atoms with E-state index in [2.05, 4.69) is 21.2 Å². The predicted octanol–water partition coefficient (Wildman–Crippen LogP) is 1.40. The van der Waals surface area contributed by atoms with E-state index in [4.69, 9.17) is 4.42 Å². The van der Waals surface area contributed by atoms with Crippen LogP contribution in [0.25, 0.3) is 0 Å². The molecule has 1 aliphatic rings. The van der Waals surface area contributed by atoms with Crippen molar-refractivity contribution in [3.8, 4) is 0 Å². The molecule has 4 nitrogen and oxygen atoms in total. The molecular weight excluding hydrogens is 260 g/mol. The molecule has 1 fully saturated rings. The highest BCUT2D eigenvalue weighted by molar-refractivity contribution is 9.10. The van der Waals surface area contributed by atoms with Crippen LogP contribution in [0.1, 0.15) is 16.1 Å². The zero-order valence-corrected chi connectivity index (χ0v) is 10.1. The van der Waals surface area contributed by atoms with E-state index in [1.54, 1.807) is 0 Å². The summed E-state index contributed by atoms with van der Waals surface area (Å²) in [6.07, 6.45) is 0. The second-order valence-corrected chi connectivity index (χ2v) is 4.39. The smallest absolute Gasteiger partial charge is 0.289 e. The number of halogens is 1. The Bertz CT molecular complexity index is 369. The number of nitrogens with zero attached hydrogens (tertiary/aromatic N) is 1. The molecule has 1 amide bonds. The number of carbonyl (C=O) groups is 1. The van der Waals surface area contributed by atoms with Crippen molar-refractivity contribution in [2.24, 2.45) is 0 Å². The Labute approximate surface area is 96.7 Å². The molecule has 1 N–H and O–H groups in total. The molecule has 0 spiro atoms. The van der Waals surface area contributed by atoms with Gasteiger partial charge in [0.05, 0.1) is 0 Å². The number of hydrogen-bond acceptors (Lipinski definition) is 3. The van der Waals surface area contributed by atoms with Crippen molar-refractivity contribution in [1.82, 2.24) is 10.2 Å². The Kier molecular flexibility index (Phi) is 3.11. The number of amides is 1. The SMILES string of the molecule is Cc1cc(Br)oc1C(=O)N1CCNCC1. The first-order valence-corrected chi connectivity index (χ1v) is 5.73. The quantitative estimate of drug-likeness (QED) is 0.841. The molecule has 1 aromatic heterocycles. The largest absolute Gasteiger partial charge is 0.444 e. The van der Waals surface area contributed by atoms with Gasteiger partial charge in [-0.2, -0.15) is 0 Å². The van der Waals surface area contributed by atoms with Crippen LogP contribution in [0.2, 0.25) is 0 Å². The number of carbonyl (C=O) groups excluding carboxylic acids is 1. The number of aryl methyl sites for hydroxylation is 1. The highest BCUT2D eigenvalue weighted by Crippen LogP contribution is 2.21. The zero-order valence-electron chi connectivity index (χ0n) is 8.55.